The van der Waals surface area contributed by atoms with Crippen LogP contribution in [0, 0.1) is 13.8 Å². The standard InChI is InChI=1S/C22H20ClNO5/c1-11-4-5-13(9-16(11)28-3)19-18-20(26)14-10-15(23)12(2)8-17(14)29-21(18)22(27)24(19)6-7-25/h4-5,8-10,19,25H,6-7H2,1-3H3/t19-/m1/s1. The molecule has 0 saturated carbocycles. The van der Waals surface area contributed by atoms with E-state index in [0.29, 0.717) is 27.3 Å². The lowest BCUT2D eigenvalue weighted by Gasteiger charge is -2.24. The van der Waals surface area contributed by atoms with E-state index in [0.717, 1.165) is 11.1 Å². The van der Waals surface area contributed by atoms with Crippen molar-refractivity contribution in [1.82, 2.24) is 4.90 Å². The van der Waals surface area contributed by atoms with Crippen molar-refractivity contribution in [2.45, 2.75) is 19.9 Å². The van der Waals surface area contributed by atoms with Crippen LogP contribution in [0.25, 0.3) is 11.0 Å². The van der Waals surface area contributed by atoms with Crippen molar-refractivity contribution < 1.29 is 19.1 Å². The highest BCUT2D eigenvalue weighted by Crippen LogP contribution is 2.39. The molecular weight excluding hydrogens is 394 g/mol. The zero-order chi connectivity index (χ0) is 20.9. The number of β-amino-alcohol motifs (C(OH)–C–C–N with tert-alkyl or cyclic N) is 1. The number of amides is 1. The molecule has 2 aromatic carbocycles. The Morgan fingerprint density at radius 2 is 1.93 bits per heavy atom. The summed E-state index contributed by atoms with van der Waals surface area (Å²) >= 11 is 6.22. The summed E-state index contributed by atoms with van der Waals surface area (Å²) < 4.78 is 11.3. The van der Waals surface area contributed by atoms with E-state index in [1.807, 2.05) is 19.1 Å². The highest BCUT2D eigenvalue weighted by atomic mass is 35.5. The van der Waals surface area contributed by atoms with Gasteiger partial charge in [0.05, 0.1) is 30.7 Å². The average molecular weight is 414 g/mol. The minimum Gasteiger partial charge on any atom is -0.496 e. The molecular formula is C22H20ClNO5. The highest BCUT2D eigenvalue weighted by molar-refractivity contribution is 6.32. The number of carbonyl (C=O) groups excluding carboxylic acids is 1. The van der Waals surface area contributed by atoms with Crippen molar-refractivity contribution in [2.75, 3.05) is 20.3 Å². The van der Waals surface area contributed by atoms with Crippen LogP contribution < -0.4 is 10.2 Å². The Balaban J connectivity index is 2.02. The number of carbonyl (C=O) groups is 1. The quantitative estimate of drug-likeness (QED) is 0.706. The maximum Gasteiger partial charge on any atom is 0.290 e. The van der Waals surface area contributed by atoms with Crippen molar-refractivity contribution in [2.24, 2.45) is 0 Å². The van der Waals surface area contributed by atoms with Gasteiger partial charge in [-0.25, -0.2) is 0 Å². The fraction of sp³-hybridized carbons (Fsp3) is 0.273. The van der Waals surface area contributed by atoms with Crippen molar-refractivity contribution in [3.05, 3.63) is 73.6 Å². The number of hydrogen-bond acceptors (Lipinski definition) is 5. The van der Waals surface area contributed by atoms with E-state index in [1.165, 1.54) is 4.90 Å². The second-order valence-electron chi connectivity index (χ2n) is 7.13. The molecule has 1 aromatic heterocycles. The van der Waals surface area contributed by atoms with Gasteiger partial charge in [0.1, 0.15) is 11.3 Å². The minimum atomic E-state index is -0.681. The second-order valence-corrected chi connectivity index (χ2v) is 7.53. The summed E-state index contributed by atoms with van der Waals surface area (Å²) in [7, 11) is 1.57. The molecule has 0 spiro atoms. The number of rotatable bonds is 4. The van der Waals surface area contributed by atoms with Crippen LogP contribution in [-0.4, -0.2) is 36.2 Å². The molecule has 150 valence electrons. The summed E-state index contributed by atoms with van der Waals surface area (Å²) in [6, 6.07) is 8.08. The molecule has 0 unspecified atom stereocenters. The van der Waals surface area contributed by atoms with Gasteiger partial charge in [-0.15, -0.1) is 0 Å². The molecule has 0 aliphatic carbocycles. The van der Waals surface area contributed by atoms with Crippen LogP contribution >= 0.6 is 11.6 Å². The summed E-state index contributed by atoms with van der Waals surface area (Å²) in [5, 5.41) is 10.3. The van der Waals surface area contributed by atoms with Crippen LogP contribution in [0.4, 0.5) is 0 Å². The SMILES string of the molecule is COc1cc([C@@H]2c3c(oc4cc(C)c(Cl)cc4c3=O)C(=O)N2CCO)ccc1C. The molecule has 1 amide bonds. The highest BCUT2D eigenvalue weighted by Gasteiger charge is 2.42. The van der Waals surface area contributed by atoms with Crippen LogP contribution in [0.1, 0.15) is 38.9 Å². The van der Waals surface area contributed by atoms with Gasteiger partial charge < -0.3 is 19.2 Å². The van der Waals surface area contributed by atoms with Crippen molar-refractivity contribution >= 4 is 28.5 Å². The molecule has 1 atom stereocenters. The van der Waals surface area contributed by atoms with Crippen LogP contribution in [0.3, 0.4) is 0 Å². The number of halogens is 1. The zero-order valence-electron chi connectivity index (χ0n) is 16.3. The first-order valence-electron chi connectivity index (χ1n) is 9.20. The number of ether oxygens (including phenoxy) is 1. The molecule has 1 aliphatic rings. The third-order valence-electron chi connectivity index (χ3n) is 5.34. The molecule has 7 heteroatoms. The van der Waals surface area contributed by atoms with E-state index in [9.17, 15) is 14.7 Å². The van der Waals surface area contributed by atoms with E-state index >= 15 is 0 Å². The van der Waals surface area contributed by atoms with Crippen molar-refractivity contribution in [3.8, 4) is 5.75 Å². The summed E-state index contributed by atoms with van der Waals surface area (Å²) in [5.74, 6) is 0.226. The molecule has 6 nitrogen and oxygen atoms in total. The summed E-state index contributed by atoms with van der Waals surface area (Å²) in [6.07, 6.45) is 0. The Labute approximate surface area is 172 Å². The maximum absolute atomic E-state index is 13.4. The second kappa shape index (κ2) is 7.21. The van der Waals surface area contributed by atoms with E-state index in [-0.39, 0.29) is 29.9 Å². The van der Waals surface area contributed by atoms with Gasteiger partial charge >= 0.3 is 0 Å². The van der Waals surface area contributed by atoms with Gasteiger partial charge in [-0.3, -0.25) is 9.59 Å². The first-order chi connectivity index (χ1) is 13.9. The molecule has 1 aliphatic heterocycles. The average Bonchev–Trinajstić information content (AvgIpc) is 2.97. The summed E-state index contributed by atoms with van der Waals surface area (Å²) in [5.41, 5.74) is 2.65. The number of aliphatic hydroxyl groups excluding tert-OH is 1. The number of aryl methyl sites for hydroxylation is 2. The van der Waals surface area contributed by atoms with E-state index in [4.69, 9.17) is 20.8 Å². The third-order valence-corrected chi connectivity index (χ3v) is 5.74. The van der Waals surface area contributed by atoms with Crippen molar-refractivity contribution in [1.29, 1.82) is 0 Å². The van der Waals surface area contributed by atoms with Gasteiger partial charge in [0.15, 0.2) is 5.43 Å². The summed E-state index contributed by atoms with van der Waals surface area (Å²) in [6.45, 7) is 3.54. The molecule has 29 heavy (non-hydrogen) atoms. The third kappa shape index (κ3) is 2.99. The Morgan fingerprint density at radius 3 is 2.62 bits per heavy atom. The number of hydrogen-bond donors (Lipinski definition) is 1. The zero-order valence-corrected chi connectivity index (χ0v) is 17.0. The monoisotopic (exact) mass is 413 g/mol. The predicted octanol–water partition coefficient (Wildman–Crippen LogP) is 3.61. The number of nitrogens with zero attached hydrogens (tertiary/aromatic N) is 1. The van der Waals surface area contributed by atoms with Crippen LogP contribution in [-0.2, 0) is 0 Å². The van der Waals surface area contributed by atoms with Crippen LogP contribution in [0.5, 0.6) is 5.75 Å². The van der Waals surface area contributed by atoms with Crippen LogP contribution in [0.15, 0.2) is 39.5 Å². The number of aliphatic hydroxyl groups is 1. The van der Waals surface area contributed by atoms with Gasteiger partial charge in [-0.2, -0.15) is 0 Å². The smallest absolute Gasteiger partial charge is 0.290 e. The molecule has 4 rings (SSSR count). The van der Waals surface area contributed by atoms with E-state index in [2.05, 4.69) is 0 Å². The first-order valence-corrected chi connectivity index (χ1v) is 9.58. The molecule has 2 heterocycles. The molecule has 3 aromatic rings. The van der Waals surface area contributed by atoms with E-state index in [1.54, 1.807) is 32.2 Å². The molecule has 0 saturated heterocycles. The lowest BCUT2D eigenvalue weighted by atomic mass is 9.97. The van der Waals surface area contributed by atoms with Gasteiger partial charge in [-0.05, 0) is 48.7 Å². The van der Waals surface area contributed by atoms with E-state index < -0.39 is 11.9 Å². The number of fused-ring (bicyclic) bond motifs is 2. The molecule has 1 N–H and O–H groups in total. The topological polar surface area (TPSA) is 80.0 Å². The number of methoxy groups -OCH3 is 1. The lowest BCUT2D eigenvalue weighted by Crippen LogP contribution is -2.32. The first kappa shape index (κ1) is 19.5. The predicted molar refractivity (Wildman–Crippen MR) is 110 cm³/mol. The largest absolute Gasteiger partial charge is 0.496 e. The maximum atomic E-state index is 13.4. The Bertz CT molecular complexity index is 1200. The Morgan fingerprint density at radius 1 is 1.17 bits per heavy atom. The molecule has 0 bridgehead atoms. The minimum absolute atomic E-state index is 0.00205. The summed E-state index contributed by atoms with van der Waals surface area (Å²) in [4.78, 5) is 27.9. The fourth-order valence-corrected chi connectivity index (χ4v) is 4.00. The van der Waals surface area contributed by atoms with Crippen molar-refractivity contribution in [3.63, 3.8) is 0 Å². The van der Waals surface area contributed by atoms with Gasteiger partial charge in [0.25, 0.3) is 5.91 Å². The Hall–Kier alpha value is -2.83. The normalized spacial score (nSPS) is 15.8. The molecule has 0 fully saturated rings. The van der Waals surface area contributed by atoms with Crippen LogP contribution in [0.2, 0.25) is 5.02 Å². The fourth-order valence-electron chi connectivity index (χ4n) is 3.83. The van der Waals surface area contributed by atoms with Gasteiger partial charge in [0, 0.05) is 11.6 Å². The Kier molecular flexibility index (Phi) is 4.84. The van der Waals surface area contributed by atoms with Gasteiger partial charge in [-0.1, -0.05) is 23.7 Å². The lowest BCUT2D eigenvalue weighted by molar-refractivity contribution is 0.0691. The van der Waals surface area contributed by atoms with Gasteiger partial charge in [0.2, 0.25) is 5.76 Å². The number of benzene rings is 2. The molecule has 0 radical (unpaired) electrons.